The van der Waals surface area contributed by atoms with Crippen LogP contribution >= 0.6 is 0 Å². The molecule has 1 rings (SSSR count). The number of nitrogens with one attached hydrogen (secondary N) is 1. The van der Waals surface area contributed by atoms with Gasteiger partial charge in [0.25, 0.3) is 0 Å². The van der Waals surface area contributed by atoms with Gasteiger partial charge < -0.3 is 0 Å². The van der Waals surface area contributed by atoms with Crippen molar-refractivity contribution in [1.29, 1.82) is 0 Å². The predicted molar refractivity (Wildman–Crippen MR) is 69.9 cm³/mol. The summed E-state index contributed by atoms with van der Waals surface area (Å²) < 4.78 is 0. The van der Waals surface area contributed by atoms with E-state index in [0.29, 0.717) is 11.8 Å². The molecule has 2 heteroatoms. The van der Waals surface area contributed by atoms with E-state index in [-0.39, 0.29) is 6.04 Å². The number of hydrogen-bond donors (Lipinski definition) is 2. The van der Waals surface area contributed by atoms with Gasteiger partial charge in [-0.2, -0.15) is 0 Å². The molecule has 0 saturated heterocycles. The Morgan fingerprint density at radius 3 is 2.06 bits per heavy atom. The molecule has 1 aromatic rings. The van der Waals surface area contributed by atoms with Gasteiger partial charge in [0.05, 0.1) is 0 Å². The topological polar surface area (TPSA) is 38.0 Å². The van der Waals surface area contributed by atoms with Crippen molar-refractivity contribution >= 4 is 0 Å². The van der Waals surface area contributed by atoms with Crippen LogP contribution in [0.25, 0.3) is 0 Å². The average Bonchev–Trinajstić information content (AvgIpc) is 2.30. The minimum atomic E-state index is 0.242. The van der Waals surface area contributed by atoms with Crippen molar-refractivity contribution < 1.29 is 0 Å². The average molecular weight is 220 g/mol. The first kappa shape index (κ1) is 13.2. The van der Waals surface area contributed by atoms with Crippen molar-refractivity contribution in [1.82, 2.24) is 5.43 Å². The number of benzene rings is 1. The summed E-state index contributed by atoms with van der Waals surface area (Å²) >= 11 is 0. The molecule has 90 valence electrons. The quantitative estimate of drug-likeness (QED) is 0.591. The zero-order valence-electron chi connectivity index (χ0n) is 10.8. The van der Waals surface area contributed by atoms with E-state index in [9.17, 15) is 0 Å². The van der Waals surface area contributed by atoms with Crippen LogP contribution in [0.2, 0.25) is 0 Å². The van der Waals surface area contributed by atoms with E-state index in [2.05, 4.69) is 57.4 Å². The monoisotopic (exact) mass is 220 g/mol. The second-order valence-electron chi connectivity index (χ2n) is 4.84. The first-order valence-electron chi connectivity index (χ1n) is 6.15. The van der Waals surface area contributed by atoms with Gasteiger partial charge >= 0.3 is 0 Å². The van der Waals surface area contributed by atoms with Gasteiger partial charge in [-0.3, -0.25) is 11.3 Å². The van der Waals surface area contributed by atoms with Gasteiger partial charge in [0.15, 0.2) is 0 Å². The molecule has 0 saturated carbocycles. The summed E-state index contributed by atoms with van der Waals surface area (Å²) in [5.41, 5.74) is 5.59. The summed E-state index contributed by atoms with van der Waals surface area (Å²) in [5.74, 6) is 6.81. The first-order chi connectivity index (χ1) is 7.60. The third-order valence-corrected chi connectivity index (χ3v) is 3.50. The summed E-state index contributed by atoms with van der Waals surface area (Å²) in [6.45, 7) is 8.87. The summed E-state index contributed by atoms with van der Waals surface area (Å²) in [7, 11) is 0. The van der Waals surface area contributed by atoms with Crippen molar-refractivity contribution in [3.8, 4) is 0 Å². The fraction of sp³-hybridized carbons (Fsp3) is 0.571. The molecule has 0 spiro atoms. The number of nitrogens with two attached hydrogens (primary N) is 1. The van der Waals surface area contributed by atoms with E-state index < -0.39 is 0 Å². The van der Waals surface area contributed by atoms with Gasteiger partial charge in [0, 0.05) is 6.04 Å². The fourth-order valence-corrected chi connectivity index (χ4v) is 1.90. The Morgan fingerprint density at radius 2 is 1.69 bits per heavy atom. The van der Waals surface area contributed by atoms with Crippen molar-refractivity contribution in [2.75, 3.05) is 0 Å². The molecule has 16 heavy (non-hydrogen) atoms. The number of rotatable bonds is 5. The van der Waals surface area contributed by atoms with Gasteiger partial charge in [-0.25, -0.2) is 0 Å². The molecular weight excluding hydrogens is 196 g/mol. The molecule has 0 aliphatic rings. The van der Waals surface area contributed by atoms with E-state index in [1.165, 1.54) is 11.1 Å². The lowest BCUT2D eigenvalue weighted by Gasteiger charge is -2.26. The first-order valence-corrected chi connectivity index (χ1v) is 6.15. The second-order valence-corrected chi connectivity index (χ2v) is 4.84. The normalized spacial score (nSPS) is 15.1. The molecule has 0 bridgehead atoms. The maximum atomic E-state index is 5.66. The van der Waals surface area contributed by atoms with Crippen LogP contribution in [0, 0.1) is 11.8 Å². The lowest BCUT2D eigenvalue weighted by atomic mass is 9.86. The van der Waals surface area contributed by atoms with E-state index in [1.807, 2.05) is 0 Å². The van der Waals surface area contributed by atoms with Crippen LogP contribution in [0.1, 0.15) is 44.9 Å². The molecule has 0 fully saturated rings. The molecule has 0 radical (unpaired) electrons. The molecule has 2 atom stereocenters. The van der Waals surface area contributed by atoms with Crippen LogP contribution < -0.4 is 11.3 Å². The standard InChI is InChI=1S/C14H24N2/c1-5-12-6-8-13(9-7-12)14(16-15)11(4)10(2)3/h6-11,14,16H,5,15H2,1-4H3. The molecule has 0 aliphatic carbocycles. The number of hydrogen-bond acceptors (Lipinski definition) is 2. The van der Waals surface area contributed by atoms with Crippen LogP contribution in [0.5, 0.6) is 0 Å². The van der Waals surface area contributed by atoms with Gasteiger partial charge in [0.1, 0.15) is 0 Å². The molecule has 0 amide bonds. The Balaban J connectivity index is 2.86. The molecule has 3 N–H and O–H groups in total. The zero-order valence-corrected chi connectivity index (χ0v) is 10.8. The Kier molecular flexibility index (Phi) is 4.97. The smallest absolute Gasteiger partial charge is 0.0487 e. The molecule has 1 aromatic carbocycles. The molecule has 0 aliphatic heterocycles. The van der Waals surface area contributed by atoms with Gasteiger partial charge in [0.2, 0.25) is 0 Å². The SMILES string of the molecule is CCc1ccc(C(NN)C(C)C(C)C)cc1. The highest BCUT2D eigenvalue weighted by molar-refractivity contribution is 5.25. The van der Waals surface area contributed by atoms with Gasteiger partial charge in [-0.15, -0.1) is 0 Å². The zero-order chi connectivity index (χ0) is 12.1. The molecule has 2 nitrogen and oxygen atoms in total. The van der Waals surface area contributed by atoms with Crippen molar-refractivity contribution in [2.45, 2.75) is 40.2 Å². The molecule has 0 heterocycles. The van der Waals surface area contributed by atoms with Gasteiger partial charge in [-0.1, -0.05) is 52.0 Å². The van der Waals surface area contributed by atoms with Crippen LogP contribution in [0.15, 0.2) is 24.3 Å². The minimum absolute atomic E-state index is 0.242. The third-order valence-electron chi connectivity index (χ3n) is 3.50. The lowest BCUT2D eigenvalue weighted by Crippen LogP contribution is -2.34. The summed E-state index contributed by atoms with van der Waals surface area (Å²) in [6.07, 6.45) is 1.08. The van der Waals surface area contributed by atoms with Crippen LogP contribution in [-0.2, 0) is 6.42 Å². The Bertz CT molecular complexity index is 303. The van der Waals surface area contributed by atoms with Crippen LogP contribution in [0.3, 0.4) is 0 Å². The predicted octanol–water partition coefficient (Wildman–Crippen LogP) is 3.05. The largest absolute Gasteiger partial charge is 0.271 e. The Hall–Kier alpha value is -0.860. The maximum absolute atomic E-state index is 5.66. The van der Waals surface area contributed by atoms with Crippen LogP contribution in [0.4, 0.5) is 0 Å². The molecule has 0 aromatic heterocycles. The van der Waals surface area contributed by atoms with E-state index in [4.69, 9.17) is 5.84 Å². The number of aryl methyl sites for hydroxylation is 1. The maximum Gasteiger partial charge on any atom is 0.0487 e. The Labute approximate surface area is 99.2 Å². The van der Waals surface area contributed by atoms with Crippen LogP contribution in [-0.4, -0.2) is 0 Å². The summed E-state index contributed by atoms with van der Waals surface area (Å²) in [4.78, 5) is 0. The highest BCUT2D eigenvalue weighted by atomic mass is 15.2. The van der Waals surface area contributed by atoms with Crippen molar-refractivity contribution in [3.05, 3.63) is 35.4 Å². The van der Waals surface area contributed by atoms with E-state index in [1.54, 1.807) is 0 Å². The fourth-order valence-electron chi connectivity index (χ4n) is 1.90. The second kappa shape index (κ2) is 6.02. The van der Waals surface area contributed by atoms with Crippen molar-refractivity contribution in [3.63, 3.8) is 0 Å². The van der Waals surface area contributed by atoms with Crippen molar-refractivity contribution in [2.24, 2.45) is 17.7 Å². The summed E-state index contributed by atoms with van der Waals surface area (Å²) in [5, 5.41) is 0. The number of hydrazine groups is 1. The van der Waals surface area contributed by atoms with E-state index >= 15 is 0 Å². The Morgan fingerprint density at radius 1 is 1.12 bits per heavy atom. The lowest BCUT2D eigenvalue weighted by molar-refractivity contribution is 0.306. The van der Waals surface area contributed by atoms with E-state index in [0.717, 1.165) is 6.42 Å². The highest BCUT2D eigenvalue weighted by Crippen LogP contribution is 2.27. The molecular formula is C14H24N2. The third kappa shape index (κ3) is 3.06. The molecule has 2 unspecified atom stereocenters. The minimum Gasteiger partial charge on any atom is -0.271 e. The summed E-state index contributed by atoms with van der Waals surface area (Å²) in [6, 6.07) is 8.98. The highest BCUT2D eigenvalue weighted by Gasteiger charge is 2.20. The van der Waals surface area contributed by atoms with Gasteiger partial charge in [-0.05, 0) is 29.4 Å².